The largest absolute Gasteiger partial charge is 0.456 e. The van der Waals surface area contributed by atoms with Crippen LogP contribution in [0.4, 0.5) is 0 Å². The van der Waals surface area contributed by atoms with Crippen molar-refractivity contribution < 1.29 is 13.3 Å². The molecule has 524 valence electrons. The summed E-state index contributed by atoms with van der Waals surface area (Å²) in [6.45, 7) is 8.71. The van der Waals surface area contributed by atoms with Crippen LogP contribution in [0.5, 0.6) is 0 Å². The molecule has 0 amide bonds. The quantitative estimate of drug-likeness (QED) is 0.145. The maximum atomic E-state index is 6.07. The molecule has 0 atom stereocenters. The standard InChI is InChI=1S/C31H23N.3C25H18O/c1-22-20-24(16-18-27(22)23-10-4-2-5-11-23)25-17-19-29-28-14-8-9-15-30(28)32(31(29)21-25)26-12-6-3-7-13-26;1-17-7-2-3-10-21(17)20-9-6-8-18(15-20)19-13-14-23-22-11-4-5-12-24(22)26-25(23)16-19;1-17-20(18-8-3-2-4-9-18)11-7-12-21(17)19-14-15-23-22-10-5-6-13-24(22)26-25(23)16-19;1-17-11-12-19(15-23(17)18-7-3-2-4-8-18)20-13-14-22-21-9-5-6-10-24(21)26-25(22)16-20/h2-21H,1H3;3*2-16H,1H3. The first kappa shape index (κ1) is 67.8. The second kappa shape index (κ2) is 29.7. The molecule has 0 N–H and O–H groups in total. The molecule has 4 nitrogen and oxygen atoms in total. The smallest absolute Gasteiger partial charge is 0.136 e. The number of para-hydroxylation sites is 5. The number of nitrogens with zero attached hydrogens (tertiary/aromatic N) is 1. The zero-order valence-corrected chi connectivity index (χ0v) is 61.7. The monoisotopic (exact) mass is 1410 g/mol. The van der Waals surface area contributed by atoms with Crippen LogP contribution >= 0.6 is 0 Å². The molecule has 4 heterocycles. The lowest BCUT2D eigenvalue weighted by Crippen LogP contribution is -1.93. The summed E-state index contributed by atoms with van der Waals surface area (Å²) < 4.78 is 20.5. The van der Waals surface area contributed by atoms with E-state index in [-0.39, 0.29) is 0 Å². The molecule has 0 saturated carbocycles. The Morgan fingerprint density at radius 3 is 1.08 bits per heavy atom. The molecule has 21 rings (SSSR count). The van der Waals surface area contributed by atoms with Crippen molar-refractivity contribution in [3.05, 3.63) is 417 Å². The first-order chi connectivity index (χ1) is 54.2. The zero-order chi connectivity index (χ0) is 74.0. The number of hydrogen-bond acceptors (Lipinski definition) is 3. The Balaban J connectivity index is 0.000000103. The molecule has 0 bridgehead atoms. The molecule has 4 heteroatoms. The third-order valence-corrected chi connectivity index (χ3v) is 21.5. The third-order valence-electron chi connectivity index (χ3n) is 21.5. The van der Waals surface area contributed by atoms with Crippen LogP contribution in [0.3, 0.4) is 0 Å². The Kier molecular flexibility index (Phi) is 18.3. The molecule has 0 unspecified atom stereocenters. The first-order valence-electron chi connectivity index (χ1n) is 37.7. The van der Waals surface area contributed by atoms with E-state index in [0.717, 1.165) is 33.5 Å². The molecule has 0 saturated heterocycles. The van der Waals surface area contributed by atoms with Crippen LogP contribution in [-0.4, -0.2) is 4.57 Å². The normalized spacial score (nSPS) is 11.3. The molecule has 4 aromatic heterocycles. The SMILES string of the molecule is Cc1c(-c2ccccc2)cccc1-c1ccc2c(c1)oc1ccccc12.Cc1cc(-c2ccc3c4ccccc4n(-c4ccccc4)c3c2)ccc1-c1ccccc1.Cc1ccc(-c2ccc3c(c2)oc2ccccc23)cc1-c1ccccc1.Cc1ccccc1-c1cccc(-c2ccc3c(c2)oc2ccccc23)c1. The van der Waals surface area contributed by atoms with Crippen molar-refractivity contribution >= 4 is 87.6 Å². The summed E-state index contributed by atoms with van der Waals surface area (Å²) >= 11 is 0. The molecule has 0 aliphatic heterocycles. The minimum absolute atomic E-state index is 0.935. The summed E-state index contributed by atoms with van der Waals surface area (Å²) in [5, 5.41) is 9.58. The summed E-state index contributed by atoms with van der Waals surface area (Å²) in [6.07, 6.45) is 0. The Bertz CT molecular complexity index is 6900. The fourth-order valence-electron chi connectivity index (χ4n) is 15.9. The van der Waals surface area contributed by atoms with Crippen molar-refractivity contribution in [2.75, 3.05) is 0 Å². The zero-order valence-electron chi connectivity index (χ0n) is 61.7. The van der Waals surface area contributed by atoms with Gasteiger partial charge in [-0.15, -0.1) is 0 Å². The van der Waals surface area contributed by atoms with Gasteiger partial charge >= 0.3 is 0 Å². The molecule has 110 heavy (non-hydrogen) atoms. The second-order valence-corrected chi connectivity index (χ2v) is 28.4. The molecule has 0 fully saturated rings. The van der Waals surface area contributed by atoms with Gasteiger partial charge in [0.05, 0.1) is 11.0 Å². The van der Waals surface area contributed by atoms with E-state index in [1.807, 2.05) is 36.4 Å². The van der Waals surface area contributed by atoms with Crippen molar-refractivity contribution in [1.29, 1.82) is 0 Å². The highest BCUT2D eigenvalue weighted by molar-refractivity contribution is 6.11. The number of fused-ring (bicyclic) bond motifs is 12. The number of furan rings is 3. The summed E-state index contributed by atoms with van der Waals surface area (Å²) in [5.41, 5.74) is 34.2. The second-order valence-electron chi connectivity index (χ2n) is 28.4. The van der Waals surface area contributed by atoms with Gasteiger partial charge in [0.2, 0.25) is 0 Å². The highest BCUT2D eigenvalue weighted by atomic mass is 16.3. The van der Waals surface area contributed by atoms with Gasteiger partial charge < -0.3 is 17.8 Å². The topological polar surface area (TPSA) is 44.4 Å². The lowest BCUT2D eigenvalue weighted by molar-refractivity contribution is 0.668. The highest BCUT2D eigenvalue weighted by Gasteiger charge is 2.18. The number of aryl methyl sites for hydroxylation is 3. The summed E-state index contributed by atoms with van der Waals surface area (Å²) in [6, 6.07) is 139. The number of aromatic nitrogens is 1. The summed E-state index contributed by atoms with van der Waals surface area (Å²) in [4.78, 5) is 0. The van der Waals surface area contributed by atoms with Crippen LogP contribution in [-0.2, 0) is 0 Å². The molecule has 0 aliphatic carbocycles. The number of hydrogen-bond donors (Lipinski definition) is 0. The fourth-order valence-corrected chi connectivity index (χ4v) is 15.9. The van der Waals surface area contributed by atoms with Gasteiger partial charge in [-0.1, -0.05) is 303 Å². The van der Waals surface area contributed by atoms with Crippen molar-refractivity contribution in [3.63, 3.8) is 0 Å². The van der Waals surface area contributed by atoms with Crippen molar-refractivity contribution in [2.24, 2.45) is 0 Å². The van der Waals surface area contributed by atoms with Crippen molar-refractivity contribution in [2.45, 2.75) is 27.7 Å². The maximum Gasteiger partial charge on any atom is 0.136 e. The average Bonchev–Trinajstić information content (AvgIpc) is 1.59. The molecule has 0 aliphatic rings. The van der Waals surface area contributed by atoms with Gasteiger partial charge in [-0.25, -0.2) is 0 Å². The van der Waals surface area contributed by atoms with Gasteiger partial charge in [-0.05, 0) is 230 Å². The Labute approximate surface area is 640 Å². The van der Waals surface area contributed by atoms with Crippen LogP contribution in [0.1, 0.15) is 22.3 Å². The lowest BCUT2D eigenvalue weighted by atomic mass is 9.92. The predicted molar refractivity (Wildman–Crippen MR) is 464 cm³/mol. The van der Waals surface area contributed by atoms with E-state index >= 15 is 0 Å². The maximum absolute atomic E-state index is 6.07. The van der Waals surface area contributed by atoms with Gasteiger partial charge in [-0.3, -0.25) is 0 Å². The van der Waals surface area contributed by atoms with Gasteiger partial charge in [-0.2, -0.15) is 0 Å². The number of benzene rings is 17. The van der Waals surface area contributed by atoms with Gasteiger partial charge in [0.1, 0.15) is 33.5 Å². The first-order valence-corrected chi connectivity index (χ1v) is 37.7. The van der Waals surface area contributed by atoms with Crippen LogP contribution in [0.25, 0.3) is 182 Å². The van der Waals surface area contributed by atoms with Gasteiger partial charge in [0.15, 0.2) is 0 Å². The Hall–Kier alpha value is -14.1. The highest BCUT2D eigenvalue weighted by Crippen LogP contribution is 2.41. The summed E-state index contributed by atoms with van der Waals surface area (Å²) in [7, 11) is 0. The lowest BCUT2D eigenvalue weighted by Gasteiger charge is -2.12. The molecular weight excluding hydrogens is 1340 g/mol. The van der Waals surface area contributed by atoms with Crippen LogP contribution in [0.15, 0.2) is 408 Å². The molecule has 17 aromatic carbocycles. The average molecular weight is 1410 g/mol. The van der Waals surface area contributed by atoms with E-state index in [2.05, 4.69) is 390 Å². The molecule has 21 aromatic rings. The van der Waals surface area contributed by atoms with Crippen LogP contribution < -0.4 is 0 Å². The minimum Gasteiger partial charge on any atom is -0.456 e. The molecule has 0 radical (unpaired) electrons. The fraction of sp³-hybridized carbons (Fsp3) is 0.0377. The third kappa shape index (κ3) is 13.3. The molecular formula is C106H77NO3. The van der Waals surface area contributed by atoms with Gasteiger partial charge in [0.25, 0.3) is 0 Å². The Morgan fingerprint density at radius 1 is 0.173 bits per heavy atom. The predicted octanol–water partition coefficient (Wildman–Crippen LogP) is 30.1. The Morgan fingerprint density at radius 2 is 0.509 bits per heavy atom. The van der Waals surface area contributed by atoms with E-state index < -0.39 is 0 Å². The van der Waals surface area contributed by atoms with Crippen LogP contribution in [0, 0.1) is 27.7 Å². The van der Waals surface area contributed by atoms with E-state index in [1.54, 1.807) is 0 Å². The van der Waals surface area contributed by atoms with Gasteiger partial charge in [0, 0.05) is 48.8 Å². The number of rotatable bonds is 9. The van der Waals surface area contributed by atoms with E-state index in [4.69, 9.17) is 13.3 Å². The summed E-state index contributed by atoms with van der Waals surface area (Å²) in [5.74, 6) is 0. The van der Waals surface area contributed by atoms with Crippen molar-refractivity contribution in [1.82, 2.24) is 4.57 Å². The minimum atomic E-state index is 0.935. The van der Waals surface area contributed by atoms with Crippen molar-refractivity contribution in [3.8, 4) is 94.7 Å². The van der Waals surface area contributed by atoms with E-state index in [9.17, 15) is 0 Å². The molecule has 0 spiro atoms. The van der Waals surface area contributed by atoms with E-state index in [0.29, 0.717) is 0 Å². The van der Waals surface area contributed by atoms with E-state index in [1.165, 1.54) is 171 Å². The van der Waals surface area contributed by atoms with Crippen LogP contribution in [0.2, 0.25) is 0 Å².